The van der Waals surface area contributed by atoms with Gasteiger partial charge < -0.3 is 25.4 Å². The van der Waals surface area contributed by atoms with Crippen molar-refractivity contribution < 1.29 is 18.6 Å². The van der Waals surface area contributed by atoms with Gasteiger partial charge in [0, 0.05) is 18.6 Å². The molecule has 242 valence electrons. The minimum absolute atomic E-state index is 0.00670. The Balaban J connectivity index is 1.30. The number of nitrogens with one attached hydrogen (secondary N) is 2. The maximum absolute atomic E-state index is 14.6. The molecule has 44 heavy (non-hydrogen) atoms. The van der Waals surface area contributed by atoms with Gasteiger partial charge in [0.2, 0.25) is 11.9 Å². The van der Waals surface area contributed by atoms with Crippen molar-refractivity contribution in [2.75, 3.05) is 36.9 Å². The van der Waals surface area contributed by atoms with E-state index in [1.54, 1.807) is 6.20 Å². The van der Waals surface area contributed by atoms with Crippen LogP contribution >= 0.6 is 0 Å². The fourth-order valence-electron chi connectivity index (χ4n) is 6.81. The molecule has 0 aliphatic heterocycles. The first-order valence-corrected chi connectivity index (χ1v) is 16.4. The number of rotatable bonds is 13. The molecule has 0 spiro atoms. The number of aromatic nitrogens is 4. The number of hydrogen-bond donors (Lipinski definition) is 3. The van der Waals surface area contributed by atoms with Crippen LogP contribution in [0.2, 0.25) is 0 Å². The maximum Gasteiger partial charge on any atom is 0.224 e. The van der Waals surface area contributed by atoms with Crippen LogP contribution in [0.4, 0.5) is 26.4 Å². The van der Waals surface area contributed by atoms with Crippen LogP contribution in [0, 0.1) is 17.6 Å². The van der Waals surface area contributed by atoms with E-state index in [1.807, 2.05) is 18.4 Å². The molecule has 9 nitrogen and oxygen atoms in total. The van der Waals surface area contributed by atoms with Crippen LogP contribution in [0.25, 0.3) is 11.2 Å². The summed E-state index contributed by atoms with van der Waals surface area (Å²) in [6.45, 7) is 12.0. The van der Waals surface area contributed by atoms with Crippen LogP contribution in [0.15, 0.2) is 24.4 Å². The van der Waals surface area contributed by atoms with Crippen LogP contribution in [-0.2, 0) is 4.74 Å². The summed E-state index contributed by atoms with van der Waals surface area (Å²) >= 11 is 0. The van der Waals surface area contributed by atoms with Crippen LogP contribution in [0.1, 0.15) is 91.5 Å². The molecular formula is C33H49F2N7O2. The molecule has 3 aromatic rings. The minimum atomic E-state index is -0.756. The summed E-state index contributed by atoms with van der Waals surface area (Å²) in [4.78, 5) is 16.6. The number of para-hydroxylation sites is 1. The summed E-state index contributed by atoms with van der Waals surface area (Å²) in [5, 5.41) is 17.0. The lowest BCUT2D eigenvalue weighted by Gasteiger charge is -2.36. The summed E-state index contributed by atoms with van der Waals surface area (Å²) < 4.78 is 37.4. The van der Waals surface area contributed by atoms with Gasteiger partial charge in [-0.3, -0.25) is 4.57 Å². The summed E-state index contributed by atoms with van der Waals surface area (Å²) in [7, 11) is 0. The van der Waals surface area contributed by atoms with Gasteiger partial charge in [-0.15, -0.1) is 0 Å². The molecule has 11 heteroatoms. The van der Waals surface area contributed by atoms with E-state index in [1.165, 1.54) is 18.2 Å². The first kappa shape index (κ1) is 32.5. The SMILES string of the molecule is CCCN(CC)CCOC1CCC(Nc2ncc3nc(Nc4c(F)cccc4F)n(C4CCC(C(C)(C)O)CC4)c3n2)CC1. The molecule has 2 aromatic heterocycles. The Labute approximate surface area is 259 Å². The molecule has 2 saturated carbocycles. The van der Waals surface area contributed by atoms with E-state index in [9.17, 15) is 13.9 Å². The van der Waals surface area contributed by atoms with Gasteiger partial charge >= 0.3 is 0 Å². The minimum Gasteiger partial charge on any atom is -0.390 e. The van der Waals surface area contributed by atoms with Crippen LogP contribution in [0.5, 0.6) is 0 Å². The number of anilines is 3. The molecule has 0 radical (unpaired) electrons. The van der Waals surface area contributed by atoms with Gasteiger partial charge in [0.15, 0.2) is 5.65 Å². The van der Waals surface area contributed by atoms with Crippen LogP contribution in [0.3, 0.4) is 0 Å². The van der Waals surface area contributed by atoms with Crippen molar-refractivity contribution in [3.8, 4) is 0 Å². The third-order valence-corrected chi connectivity index (χ3v) is 9.45. The Hall–Kier alpha value is -2.89. The summed E-state index contributed by atoms with van der Waals surface area (Å²) in [5.74, 6) is -0.339. The number of imidazole rings is 1. The number of aliphatic hydroxyl groups is 1. The lowest BCUT2D eigenvalue weighted by molar-refractivity contribution is -0.00457. The first-order valence-electron chi connectivity index (χ1n) is 16.4. The second kappa shape index (κ2) is 14.5. The highest BCUT2D eigenvalue weighted by molar-refractivity contribution is 5.76. The molecular weight excluding hydrogens is 564 g/mol. The Bertz CT molecular complexity index is 1340. The van der Waals surface area contributed by atoms with Crippen molar-refractivity contribution in [1.82, 2.24) is 24.4 Å². The van der Waals surface area contributed by atoms with Crippen LogP contribution < -0.4 is 10.6 Å². The lowest BCUT2D eigenvalue weighted by atomic mass is 9.77. The molecule has 0 atom stereocenters. The van der Waals surface area contributed by atoms with Crippen molar-refractivity contribution in [3.63, 3.8) is 0 Å². The molecule has 3 N–H and O–H groups in total. The van der Waals surface area contributed by atoms with Gasteiger partial charge in [0.05, 0.1) is 24.5 Å². The van der Waals surface area contributed by atoms with E-state index in [-0.39, 0.29) is 29.8 Å². The zero-order chi connectivity index (χ0) is 31.3. The van der Waals surface area contributed by atoms with Gasteiger partial charge in [0.1, 0.15) is 22.8 Å². The van der Waals surface area contributed by atoms with Gasteiger partial charge in [-0.2, -0.15) is 4.98 Å². The van der Waals surface area contributed by atoms with Gasteiger partial charge in [-0.1, -0.05) is 19.9 Å². The van der Waals surface area contributed by atoms with E-state index >= 15 is 0 Å². The van der Waals surface area contributed by atoms with E-state index in [4.69, 9.17) is 9.72 Å². The Morgan fingerprint density at radius 3 is 2.34 bits per heavy atom. The first-order chi connectivity index (χ1) is 21.2. The monoisotopic (exact) mass is 613 g/mol. The van der Waals surface area contributed by atoms with E-state index in [2.05, 4.69) is 39.3 Å². The number of fused-ring (bicyclic) bond motifs is 1. The van der Waals surface area contributed by atoms with Gasteiger partial charge in [-0.25, -0.2) is 18.7 Å². The average molecular weight is 614 g/mol. The summed E-state index contributed by atoms with van der Waals surface area (Å²) in [6, 6.07) is 4.03. The molecule has 0 amide bonds. The summed E-state index contributed by atoms with van der Waals surface area (Å²) in [5.41, 5.74) is 0.180. The lowest BCUT2D eigenvalue weighted by Crippen LogP contribution is -2.34. The zero-order valence-corrected chi connectivity index (χ0v) is 26.7. The largest absolute Gasteiger partial charge is 0.390 e. The van der Waals surface area contributed by atoms with Gasteiger partial charge in [-0.05, 0) is 103 Å². The molecule has 2 aliphatic rings. The number of likely N-dealkylation sites (N-methyl/N-ethyl adjacent to an activating group) is 1. The summed E-state index contributed by atoms with van der Waals surface area (Å²) in [6.07, 6.45) is 10.3. The topological polar surface area (TPSA) is 100 Å². The molecule has 0 bridgehead atoms. The molecule has 0 unspecified atom stereocenters. The predicted octanol–water partition coefficient (Wildman–Crippen LogP) is 6.82. The quantitative estimate of drug-likeness (QED) is 0.193. The van der Waals surface area contributed by atoms with Crippen molar-refractivity contribution >= 4 is 28.7 Å². The van der Waals surface area contributed by atoms with Crippen molar-refractivity contribution in [1.29, 1.82) is 0 Å². The normalized spacial score (nSPS) is 22.9. The Morgan fingerprint density at radius 1 is 1.00 bits per heavy atom. The zero-order valence-electron chi connectivity index (χ0n) is 26.7. The molecule has 0 saturated heterocycles. The number of ether oxygens (including phenoxy) is 1. The fourth-order valence-corrected chi connectivity index (χ4v) is 6.81. The smallest absolute Gasteiger partial charge is 0.224 e. The third-order valence-electron chi connectivity index (χ3n) is 9.45. The molecule has 1 aromatic carbocycles. The van der Waals surface area contributed by atoms with E-state index < -0.39 is 17.2 Å². The van der Waals surface area contributed by atoms with Gasteiger partial charge in [0.25, 0.3) is 0 Å². The average Bonchev–Trinajstić information content (AvgIpc) is 3.36. The Kier molecular flexibility index (Phi) is 10.7. The highest BCUT2D eigenvalue weighted by Gasteiger charge is 2.34. The van der Waals surface area contributed by atoms with Crippen molar-refractivity contribution in [2.24, 2.45) is 5.92 Å². The van der Waals surface area contributed by atoms with Crippen molar-refractivity contribution in [2.45, 2.75) is 109 Å². The molecule has 2 heterocycles. The van der Waals surface area contributed by atoms with E-state index in [0.717, 1.165) is 84.0 Å². The number of nitrogens with zero attached hydrogens (tertiary/aromatic N) is 5. The predicted molar refractivity (Wildman–Crippen MR) is 170 cm³/mol. The second-order valence-electron chi connectivity index (χ2n) is 13.0. The standard InChI is InChI=1S/C33H49F2N7O2/c1-5-18-41(6-2)19-20-44-25-16-12-23(13-17-25)37-31-36-21-28-30(40-31)42(24-14-10-22(11-15-24)33(3,4)43)32(38-28)39-29-26(34)8-7-9-27(29)35/h7-9,21-25,43H,5-6,10-20H2,1-4H3,(H,38,39)(H,36,37,40). The molecule has 2 fully saturated rings. The maximum atomic E-state index is 14.6. The van der Waals surface area contributed by atoms with Crippen LogP contribution in [-0.4, -0.2) is 73.5 Å². The number of hydrogen-bond acceptors (Lipinski definition) is 8. The highest BCUT2D eigenvalue weighted by Crippen LogP contribution is 2.41. The number of halogens is 2. The number of benzene rings is 1. The fraction of sp³-hybridized carbons (Fsp3) is 0.667. The van der Waals surface area contributed by atoms with Crippen molar-refractivity contribution in [3.05, 3.63) is 36.0 Å². The molecule has 5 rings (SSSR count). The third kappa shape index (κ3) is 7.84. The Morgan fingerprint density at radius 2 is 1.70 bits per heavy atom. The highest BCUT2D eigenvalue weighted by atomic mass is 19.1. The second-order valence-corrected chi connectivity index (χ2v) is 13.0. The molecule has 2 aliphatic carbocycles. The van der Waals surface area contributed by atoms with E-state index in [0.29, 0.717) is 23.1 Å².